The molecule has 0 spiro atoms. The lowest BCUT2D eigenvalue weighted by Crippen LogP contribution is -2.24. The van der Waals surface area contributed by atoms with Gasteiger partial charge >= 0.3 is 0 Å². The summed E-state index contributed by atoms with van der Waals surface area (Å²) < 4.78 is 27.8. The molecule has 0 aliphatic carbocycles. The molecule has 0 saturated carbocycles. The molecule has 1 aromatic heterocycles. The number of aromatic nitrogens is 2. The summed E-state index contributed by atoms with van der Waals surface area (Å²) in [4.78, 5) is 0.281. The van der Waals surface area contributed by atoms with Crippen LogP contribution in [0.1, 0.15) is 18.5 Å². The van der Waals surface area contributed by atoms with Crippen LogP contribution in [0.2, 0.25) is 0 Å². The third-order valence-electron chi connectivity index (χ3n) is 3.29. The number of rotatable bonds is 7. The molecule has 0 unspecified atom stereocenters. The van der Waals surface area contributed by atoms with Crippen molar-refractivity contribution in [3.8, 4) is 0 Å². The molecule has 2 N–H and O–H groups in total. The number of nitrogens with one attached hydrogen (secondary N) is 2. The molecule has 1 atom stereocenters. The lowest BCUT2D eigenvalue weighted by atomic mass is 10.1. The lowest BCUT2D eigenvalue weighted by molar-refractivity contribution is 0.507. The zero-order chi connectivity index (χ0) is 15.3. The predicted molar refractivity (Wildman–Crippen MR) is 81.3 cm³/mol. The fourth-order valence-corrected chi connectivity index (χ4v) is 2.80. The molecule has 0 saturated heterocycles. The van der Waals surface area contributed by atoms with Gasteiger partial charge in [0.1, 0.15) is 0 Å². The minimum atomic E-state index is -3.40. The van der Waals surface area contributed by atoms with Gasteiger partial charge in [-0.1, -0.05) is 12.1 Å². The average molecular weight is 308 g/mol. The first-order valence-corrected chi connectivity index (χ1v) is 8.25. The second-order valence-corrected chi connectivity index (χ2v) is 6.61. The molecule has 0 bridgehead atoms. The van der Waals surface area contributed by atoms with Crippen molar-refractivity contribution in [3.05, 3.63) is 48.3 Å². The summed E-state index contributed by atoms with van der Waals surface area (Å²) >= 11 is 0. The zero-order valence-electron chi connectivity index (χ0n) is 12.2. The summed E-state index contributed by atoms with van der Waals surface area (Å²) in [6, 6.07) is 8.90. The smallest absolute Gasteiger partial charge is 0.240 e. The summed E-state index contributed by atoms with van der Waals surface area (Å²) in [6.07, 6.45) is 3.65. The van der Waals surface area contributed by atoms with E-state index in [0.717, 1.165) is 18.7 Å². The summed E-state index contributed by atoms with van der Waals surface area (Å²) in [6.45, 7) is 3.53. The fourth-order valence-electron chi connectivity index (χ4n) is 2.02. The molecule has 0 aliphatic heterocycles. The van der Waals surface area contributed by atoms with Gasteiger partial charge in [0, 0.05) is 25.0 Å². The molecule has 2 aromatic rings. The van der Waals surface area contributed by atoms with Gasteiger partial charge in [-0.15, -0.1) is 0 Å². The van der Waals surface area contributed by atoms with Crippen LogP contribution in [0.5, 0.6) is 0 Å². The predicted octanol–water partition coefficient (Wildman–Crippen LogP) is 1.14. The minimum absolute atomic E-state index is 0.0626. The van der Waals surface area contributed by atoms with Gasteiger partial charge in [-0.05, 0) is 37.7 Å². The van der Waals surface area contributed by atoms with E-state index in [2.05, 4.69) is 15.1 Å². The Hall–Kier alpha value is -1.70. The van der Waals surface area contributed by atoms with Crippen LogP contribution in [-0.4, -0.2) is 31.8 Å². The Labute approximate surface area is 125 Å². The van der Waals surface area contributed by atoms with Gasteiger partial charge in [-0.3, -0.25) is 4.68 Å². The van der Waals surface area contributed by atoms with E-state index in [4.69, 9.17) is 0 Å². The average Bonchev–Trinajstić information content (AvgIpc) is 3.00. The van der Waals surface area contributed by atoms with Crippen LogP contribution in [0, 0.1) is 0 Å². The van der Waals surface area contributed by atoms with E-state index in [-0.39, 0.29) is 10.9 Å². The first kappa shape index (κ1) is 15.7. The van der Waals surface area contributed by atoms with E-state index in [1.165, 1.54) is 7.05 Å². The van der Waals surface area contributed by atoms with Gasteiger partial charge in [0.15, 0.2) is 0 Å². The number of hydrogen-bond acceptors (Lipinski definition) is 4. The van der Waals surface area contributed by atoms with Gasteiger partial charge in [0.05, 0.1) is 11.4 Å². The van der Waals surface area contributed by atoms with E-state index in [1.54, 1.807) is 24.4 Å². The van der Waals surface area contributed by atoms with Crippen LogP contribution >= 0.6 is 0 Å². The topological polar surface area (TPSA) is 76.0 Å². The molecule has 21 heavy (non-hydrogen) atoms. The van der Waals surface area contributed by atoms with Gasteiger partial charge in [0.25, 0.3) is 0 Å². The molecule has 7 heteroatoms. The Bertz CT molecular complexity index is 668. The van der Waals surface area contributed by atoms with Crippen molar-refractivity contribution in [2.75, 3.05) is 13.6 Å². The van der Waals surface area contributed by atoms with Crippen molar-refractivity contribution < 1.29 is 8.42 Å². The Morgan fingerprint density at radius 1 is 1.33 bits per heavy atom. The molecule has 0 aliphatic rings. The van der Waals surface area contributed by atoms with E-state index in [1.807, 2.05) is 29.9 Å². The number of benzene rings is 1. The van der Waals surface area contributed by atoms with Gasteiger partial charge in [-0.2, -0.15) is 5.10 Å². The highest BCUT2D eigenvalue weighted by atomic mass is 32.2. The van der Waals surface area contributed by atoms with Crippen LogP contribution in [0.4, 0.5) is 0 Å². The number of sulfonamides is 1. The highest BCUT2D eigenvalue weighted by Gasteiger charge is 2.13. The molecule has 0 fully saturated rings. The van der Waals surface area contributed by atoms with Crippen LogP contribution in [0.15, 0.2) is 47.6 Å². The highest BCUT2D eigenvalue weighted by Crippen LogP contribution is 2.17. The lowest BCUT2D eigenvalue weighted by Gasteiger charge is -2.15. The second-order valence-electron chi connectivity index (χ2n) is 4.72. The maximum atomic E-state index is 11.8. The third-order valence-corrected chi connectivity index (χ3v) is 4.70. The van der Waals surface area contributed by atoms with E-state index < -0.39 is 10.0 Å². The normalized spacial score (nSPS) is 13.2. The molecule has 1 aromatic carbocycles. The van der Waals surface area contributed by atoms with Gasteiger partial charge < -0.3 is 5.32 Å². The van der Waals surface area contributed by atoms with Crippen molar-refractivity contribution in [1.82, 2.24) is 19.8 Å². The third kappa shape index (κ3) is 4.13. The van der Waals surface area contributed by atoms with Crippen LogP contribution in [-0.2, 0) is 16.6 Å². The van der Waals surface area contributed by atoms with Crippen LogP contribution in [0.3, 0.4) is 0 Å². The monoisotopic (exact) mass is 308 g/mol. The maximum absolute atomic E-state index is 11.8. The Balaban J connectivity index is 1.99. The van der Waals surface area contributed by atoms with Crippen molar-refractivity contribution in [3.63, 3.8) is 0 Å². The molecular formula is C14H20N4O2S. The molecule has 114 valence electrons. The van der Waals surface area contributed by atoms with Crippen molar-refractivity contribution in [2.24, 2.45) is 0 Å². The molecule has 1 heterocycles. The molecular weight excluding hydrogens is 288 g/mol. The van der Waals surface area contributed by atoms with Crippen molar-refractivity contribution in [2.45, 2.75) is 24.4 Å². The summed E-state index contributed by atoms with van der Waals surface area (Å²) in [5, 5.41) is 7.49. The van der Waals surface area contributed by atoms with Gasteiger partial charge in [-0.25, -0.2) is 13.1 Å². The fraction of sp³-hybridized carbons (Fsp3) is 0.357. The highest BCUT2D eigenvalue weighted by molar-refractivity contribution is 7.89. The first-order chi connectivity index (χ1) is 10.0. The zero-order valence-corrected chi connectivity index (χ0v) is 13.0. The van der Waals surface area contributed by atoms with Crippen molar-refractivity contribution >= 4 is 10.0 Å². The Morgan fingerprint density at radius 2 is 2.14 bits per heavy atom. The molecule has 6 nitrogen and oxygen atoms in total. The second kappa shape index (κ2) is 6.84. The maximum Gasteiger partial charge on any atom is 0.240 e. The standard InChI is InChI=1S/C14H20N4O2S/c1-12(16-8-10-18-9-4-7-17-18)13-5-3-6-14(11-13)21(19,20)15-2/h3-7,9,11-12,15-16H,8,10H2,1-2H3/t12-/m0/s1. The molecule has 0 amide bonds. The van der Waals surface area contributed by atoms with E-state index >= 15 is 0 Å². The summed E-state index contributed by atoms with van der Waals surface area (Å²) in [5.74, 6) is 0. The summed E-state index contributed by atoms with van der Waals surface area (Å²) in [7, 11) is -1.99. The Kier molecular flexibility index (Phi) is 5.11. The SMILES string of the molecule is CNS(=O)(=O)c1cccc([C@H](C)NCCn2cccn2)c1. The summed E-state index contributed by atoms with van der Waals surface area (Å²) in [5.41, 5.74) is 0.937. The number of hydrogen-bond donors (Lipinski definition) is 2. The quantitative estimate of drug-likeness (QED) is 0.804. The Morgan fingerprint density at radius 3 is 2.81 bits per heavy atom. The number of nitrogens with zero attached hydrogens (tertiary/aromatic N) is 2. The molecule has 0 radical (unpaired) electrons. The minimum Gasteiger partial charge on any atom is -0.308 e. The van der Waals surface area contributed by atoms with Crippen molar-refractivity contribution in [1.29, 1.82) is 0 Å². The van der Waals surface area contributed by atoms with Gasteiger partial charge in [0.2, 0.25) is 10.0 Å². The van der Waals surface area contributed by atoms with Crippen LogP contribution < -0.4 is 10.0 Å². The molecule has 2 rings (SSSR count). The van der Waals surface area contributed by atoms with E-state index in [9.17, 15) is 8.42 Å². The van der Waals surface area contributed by atoms with E-state index in [0.29, 0.717) is 0 Å². The largest absolute Gasteiger partial charge is 0.308 e. The first-order valence-electron chi connectivity index (χ1n) is 6.77. The van der Waals surface area contributed by atoms with Crippen LogP contribution in [0.25, 0.3) is 0 Å².